The molecule has 1 aromatic heterocycles. The van der Waals surface area contributed by atoms with Crippen LogP contribution in [0, 0.1) is 0 Å². The second-order valence-corrected chi connectivity index (χ2v) is 5.35. The highest BCUT2D eigenvalue weighted by Crippen LogP contribution is 2.20. The first kappa shape index (κ1) is 13.5. The van der Waals surface area contributed by atoms with Crippen molar-refractivity contribution in [3.05, 3.63) is 36.1 Å². The molecule has 106 valence electrons. The van der Waals surface area contributed by atoms with Crippen LogP contribution in [0.15, 0.2) is 34.7 Å². The summed E-state index contributed by atoms with van der Waals surface area (Å²) >= 11 is 5.74. The number of hydrogen-bond acceptors (Lipinski definition) is 3. The van der Waals surface area contributed by atoms with Gasteiger partial charge in [-0.2, -0.15) is 0 Å². The van der Waals surface area contributed by atoms with Crippen LogP contribution < -0.4 is 0 Å². The number of piperazine rings is 1. The maximum Gasteiger partial charge on any atom is 0.289 e. The van der Waals surface area contributed by atoms with E-state index < -0.39 is 0 Å². The number of furan rings is 1. The molecule has 0 atom stereocenters. The number of amides is 1. The van der Waals surface area contributed by atoms with Crippen LogP contribution in [0.25, 0.3) is 11.0 Å². The molecule has 3 rings (SSSR count). The number of hydrogen-bond donors (Lipinski definition) is 0. The molecule has 1 amide bonds. The van der Waals surface area contributed by atoms with Gasteiger partial charge in [-0.3, -0.25) is 9.69 Å². The van der Waals surface area contributed by atoms with E-state index in [4.69, 9.17) is 16.0 Å². The zero-order valence-corrected chi connectivity index (χ0v) is 12.0. The molecule has 20 heavy (non-hydrogen) atoms. The minimum atomic E-state index is -0.0216. The van der Waals surface area contributed by atoms with Crippen molar-refractivity contribution in [2.45, 2.75) is 0 Å². The topological polar surface area (TPSA) is 36.7 Å². The average molecular weight is 293 g/mol. The van der Waals surface area contributed by atoms with Gasteiger partial charge in [0.2, 0.25) is 0 Å². The number of carbonyl (C=O) groups is 1. The number of rotatable bonds is 3. The maximum absolute atomic E-state index is 12.4. The van der Waals surface area contributed by atoms with Gasteiger partial charge in [-0.25, -0.2) is 0 Å². The molecule has 0 radical (unpaired) electrons. The van der Waals surface area contributed by atoms with E-state index in [0.29, 0.717) is 11.6 Å². The molecular weight excluding hydrogens is 276 g/mol. The highest BCUT2D eigenvalue weighted by atomic mass is 35.5. The molecule has 1 aliphatic heterocycles. The first-order chi connectivity index (χ1) is 9.78. The van der Waals surface area contributed by atoms with Gasteiger partial charge in [0.15, 0.2) is 5.76 Å². The lowest BCUT2D eigenvalue weighted by Gasteiger charge is -2.33. The van der Waals surface area contributed by atoms with E-state index in [1.807, 2.05) is 35.2 Å². The van der Waals surface area contributed by atoms with Crippen molar-refractivity contribution in [1.29, 1.82) is 0 Å². The van der Waals surface area contributed by atoms with Crippen LogP contribution in [0.3, 0.4) is 0 Å². The third-order valence-electron chi connectivity index (χ3n) is 3.70. The molecule has 0 bridgehead atoms. The molecule has 2 aromatic rings. The molecule has 0 N–H and O–H groups in total. The molecule has 0 spiro atoms. The zero-order chi connectivity index (χ0) is 13.9. The Morgan fingerprint density at radius 2 is 1.95 bits per heavy atom. The van der Waals surface area contributed by atoms with Crippen LogP contribution in [0.1, 0.15) is 10.6 Å². The predicted molar refractivity (Wildman–Crippen MR) is 79.3 cm³/mol. The third-order valence-corrected chi connectivity index (χ3v) is 3.87. The van der Waals surface area contributed by atoms with Gasteiger partial charge in [0.05, 0.1) is 0 Å². The van der Waals surface area contributed by atoms with E-state index >= 15 is 0 Å². The van der Waals surface area contributed by atoms with Gasteiger partial charge >= 0.3 is 0 Å². The SMILES string of the molecule is O=C(c1cc2ccccc2o1)N1CCN(CCCl)CC1. The van der Waals surface area contributed by atoms with Gasteiger partial charge in [0, 0.05) is 44.0 Å². The molecule has 4 nitrogen and oxygen atoms in total. The van der Waals surface area contributed by atoms with Crippen molar-refractivity contribution < 1.29 is 9.21 Å². The summed E-state index contributed by atoms with van der Waals surface area (Å²) in [6.07, 6.45) is 0. The Hall–Kier alpha value is -1.52. The highest BCUT2D eigenvalue weighted by Gasteiger charge is 2.24. The number of para-hydroxylation sites is 1. The Kier molecular flexibility index (Phi) is 3.94. The van der Waals surface area contributed by atoms with E-state index in [9.17, 15) is 4.79 Å². The van der Waals surface area contributed by atoms with Crippen molar-refractivity contribution in [1.82, 2.24) is 9.80 Å². The van der Waals surface area contributed by atoms with Crippen LogP contribution in [0.2, 0.25) is 0 Å². The van der Waals surface area contributed by atoms with Crippen LogP contribution in [0.4, 0.5) is 0 Å². The molecule has 1 aromatic carbocycles. The van der Waals surface area contributed by atoms with E-state index in [2.05, 4.69) is 4.90 Å². The number of halogens is 1. The van der Waals surface area contributed by atoms with Gasteiger partial charge in [0.1, 0.15) is 5.58 Å². The Bertz CT molecular complexity index is 570. The number of alkyl halides is 1. The summed E-state index contributed by atoms with van der Waals surface area (Å²) in [7, 11) is 0. The highest BCUT2D eigenvalue weighted by molar-refractivity contribution is 6.18. The Balaban J connectivity index is 1.70. The van der Waals surface area contributed by atoms with Gasteiger partial charge in [0.25, 0.3) is 5.91 Å². The molecule has 5 heteroatoms. The summed E-state index contributed by atoms with van der Waals surface area (Å²) in [5, 5.41) is 0.969. The summed E-state index contributed by atoms with van der Waals surface area (Å²) in [4.78, 5) is 16.5. The first-order valence-electron chi connectivity index (χ1n) is 6.84. The maximum atomic E-state index is 12.4. The Morgan fingerprint density at radius 3 is 2.65 bits per heavy atom. The number of carbonyl (C=O) groups excluding carboxylic acids is 1. The zero-order valence-electron chi connectivity index (χ0n) is 11.2. The number of fused-ring (bicyclic) bond motifs is 1. The van der Waals surface area contributed by atoms with Crippen LogP contribution in [0.5, 0.6) is 0 Å². The normalized spacial score (nSPS) is 16.8. The second kappa shape index (κ2) is 5.85. The molecule has 1 fully saturated rings. The fourth-order valence-electron chi connectivity index (χ4n) is 2.54. The molecule has 0 unspecified atom stereocenters. The summed E-state index contributed by atoms with van der Waals surface area (Å²) < 4.78 is 5.63. The van der Waals surface area contributed by atoms with E-state index in [-0.39, 0.29) is 5.91 Å². The van der Waals surface area contributed by atoms with Crippen LogP contribution in [-0.4, -0.2) is 54.3 Å². The quantitative estimate of drug-likeness (QED) is 0.815. The summed E-state index contributed by atoms with van der Waals surface area (Å²) in [5.74, 6) is 1.04. The van der Waals surface area contributed by atoms with Crippen LogP contribution >= 0.6 is 11.6 Å². The number of nitrogens with zero attached hydrogens (tertiary/aromatic N) is 2. The van der Waals surface area contributed by atoms with E-state index in [0.717, 1.165) is 43.7 Å². The lowest BCUT2D eigenvalue weighted by atomic mass is 10.2. The Morgan fingerprint density at radius 1 is 1.20 bits per heavy atom. The van der Waals surface area contributed by atoms with Crippen molar-refractivity contribution in [2.24, 2.45) is 0 Å². The molecule has 1 aliphatic rings. The fraction of sp³-hybridized carbons (Fsp3) is 0.400. The van der Waals surface area contributed by atoms with Crippen LogP contribution in [-0.2, 0) is 0 Å². The summed E-state index contributed by atoms with van der Waals surface area (Å²) in [6.45, 7) is 4.09. The Labute approximate surface area is 122 Å². The van der Waals surface area contributed by atoms with Gasteiger partial charge in [-0.15, -0.1) is 11.6 Å². The van der Waals surface area contributed by atoms with Gasteiger partial charge in [-0.05, 0) is 12.1 Å². The molecule has 0 saturated carbocycles. The lowest BCUT2D eigenvalue weighted by molar-refractivity contribution is 0.0615. The van der Waals surface area contributed by atoms with Crippen molar-refractivity contribution in [3.63, 3.8) is 0 Å². The summed E-state index contributed by atoms with van der Waals surface area (Å²) in [5.41, 5.74) is 0.761. The smallest absolute Gasteiger partial charge is 0.289 e. The first-order valence-corrected chi connectivity index (χ1v) is 7.37. The largest absolute Gasteiger partial charge is 0.451 e. The van der Waals surface area contributed by atoms with Crippen molar-refractivity contribution >= 4 is 28.5 Å². The van der Waals surface area contributed by atoms with E-state index in [1.165, 1.54) is 0 Å². The monoisotopic (exact) mass is 292 g/mol. The molecular formula is C15H17ClN2O2. The van der Waals surface area contributed by atoms with Crippen molar-refractivity contribution in [3.8, 4) is 0 Å². The second-order valence-electron chi connectivity index (χ2n) is 4.97. The molecule has 0 aliphatic carbocycles. The minimum Gasteiger partial charge on any atom is -0.451 e. The van der Waals surface area contributed by atoms with Gasteiger partial charge in [-0.1, -0.05) is 18.2 Å². The molecule has 1 saturated heterocycles. The fourth-order valence-corrected chi connectivity index (χ4v) is 2.78. The minimum absolute atomic E-state index is 0.0216. The predicted octanol–water partition coefficient (Wildman–Crippen LogP) is 2.43. The number of benzene rings is 1. The van der Waals surface area contributed by atoms with Gasteiger partial charge < -0.3 is 9.32 Å². The lowest BCUT2D eigenvalue weighted by Crippen LogP contribution is -2.49. The van der Waals surface area contributed by atoms with E-state index in [1.54, 1.807) is 0 Å². The standard InChI is InChI=1S/C15H17ClN2O2/c16-5-6-17-7-9-18(10-8-17)15(19)14-11-12-3-1-2-4-13(12)20-14/h1-4,11H,5-10H2. The summed E-state index contributed by atoms with van der Waals surface area (Å²) in [6, 6.07) is 9.50. The molecule has 2 heterocycles. The average Bonchev–Trinajstić information content (AvgIpc) is 2.91. The van der Waals surface area contributed by atoms with Crippen molar-refractivity contribution in [2.75, 3.05) is 38.6 Å². The third kappa shape index (κ3) is 2.67.